The van der Waals surface area contributed by atoms with Gasteiger partial charge in [-0.05, 0) is 5.56 Å². The van der Waals surface area contributed by atoms with E-state index in [0.717, 1.165) is 15.6 Å². The van der Waals surface area contributed by atoms with Crippen molar-refractivity contribution in [3.63, 3.8) is 0 Å². The Balaban J connectivity index is 2.01. The number of rotatable bonds is 4. The number of nitrogens with one attached hydrogen (secondary N) is 1. The number of anilines is 1. The van der Waals surface area contributed by atoms with Crippen LogP contribution >= 0.6 is 11.3 Å². The molecule has 0 saturated heterocycles. The van der Waals surface area contributed by atoms with Crippen molar-refractivity contribution < 1.29 is 4.79 Å². The Hall–Kier alpha value is -1.88. The molecule has 5 heteroatoms. The first-order valence-corrected chi connectivity index (χ1v) is 6.44. The number of likely N-dealkylation sites (N-methyl/N-ethyl adjacent to an activating group) is 1. The molecule has 4 nitrogen and oxygen atoms in total. The van der Waals surface area contributed by atoms with Crippen LogP contribution in [0.25, 0.3) is 10.4 Å². The van der Waals surface area contributed by atoms with E-state index in [1.807, 2.05) is 36.5 Å². The molecule has 1 heterocycles. The van der Waals surface area contributed by atoms with E-state index in [9.17, 15) is 4.79 Å². The van der Waals surface area contributed by atoms with E-state index >= 15 is 0 Å². The molecule has 0 aliphatic carbocycles. The van der Waals surface area contributed by atoms with Crippen LogP contribution in [0.2, 0.25) is 0 Å². The van der Waals surface area contributed by atoms with Gasteiger partial charge in [-0.15, -0.1) is 0 Å². The van der Waals surface area contributed by atoms with Gasteiger partial charge in [-0.25, -0.2) is 4.98 Å². The summed E-state index contributed by atoms with van der Waals surface area (Å²) in [5.74, 6) is 0.0338. The summed E-state index contributed by atoms with van der Waals surface area (Å²) in [6, 6.07) is 10.1. The molecule has 1 N–H and O–H groups in total. The van der Waals surface area contributed by atoms with E-state index < -0.39 is 0 Å². The van der Waals surface area contributed by atoms with Gasteiger partial charge in [0, 0.05) is 20.3 Å². The van der Waals surface area contributed by atoms with Crippen LogP contribution in [0.5, 0.6) is 0 Å². The predicted molar refractivity (Wildman–Crippen MR) is 74.7 cm³/mol. The Morgan fingerprint density at radius 3 is 2.72 bits per heavy atom. The highest BCUT2D eigenvalue weighted by molar-refractivity contribution is 7.18. The quantitative estimate of drug-likeness (QED) is 0.918. The second kappa shape index (κ2) is 5.64. The Bertz CT molecular complexity index is 522. The van der Waals surface area contributed by atoms with Gasteiger partial charge in [0.25, 0.3) is 0 Å². The van der Waals surface area contributed by atoms with Crippen molar-refractivity contribution in [2.45, 2.75) is 0 Å². The van der Waals surface area contributed by atoms with Crippen LogP contribution in [-0.2, 0) is 4.79 Å². The molecular weight excluding hydrogens is 246 g/mol. The average Bonchev–Trinajstić information content (AvgIpc) is 2.85. The first-order valence-electron chi connectivity index (χ1n) is 5.62. The van der Waals surface area contributed by atoms with Crippen molar-refractivity contribution in [2.24, 2.45) is 0 Å². The van der Waals surface area contributed by atoms with Gasteiger partial charge in [0.1, 0.15) is 0 Å². The van der Waals surface area contributed by atoms with E-state index in [0.29, 0.717) is 0 Å². The third-order valence-electron chi connectivity index (χ3n) is 2.45. The van der Waals surface area contributed by atoms with Crippen LogP contribution in [0.15, 0.2) is 36.5 Å². The fourth-order valence-electron chi connectivity index (χ4n) is 1.40. The number of benzene rings is 1. The largest absolute Gasteiger partial charge is 0.352 e. The molecule has 0 bridgehead atoms. The summed E-state index contributed by atoms with van der Waals surface area (Å²) in [4.78, 5) is 18.3. The van der Waals surface area contributed by atoms with Crippen molar-refractivity contribution in [2.75, 3.05) is 26.0 Å². The van der Waals surface area contributed by atoms with Crippen LogP contribution in [-0.4, -0.2) is 36.4 Å². The summed E-state index contributed by atoms with van der Waals surface area (Å²) < 4.78 is 0. The minimum Gasteiger partial charge on any atom is -0.352 e. The van der Waals surface area contributed by atoms with Gasteiger partial charge in [0.05, 0.1) is 11.4 Å². The average molecular weight is 261 g/mol. The Kier molecular flexibility index (Phi) is 3.94. The number of nitrogens with zero attached hydrogens (tertiary/aromatic N) is 2. The highest BCUT2D eigenvalue weighted by Crippen LogP contribution is 2.28. The number of carbonyl (C=O) groups excluding carboxylic acids is 1. The third kappa shape index (κ3) is 3.07. The van der Waals surface area contributed by atoms with Gasteiger partial charge in [-0.3, -0.25) is 4.79 Å². The van der Waals surface area contributed by atoms with Crippen molar-refractivity contribution in [3.05, 3.63) is 36.5 Å². The Labute approximate surface area is 110 Å². The first-order chi connectivity index (χ1) is 8.66. The van der Waals surface area contributed by atoms with E-state index in [4.69, 9.17) is 0 Å². The molecule has 0 unspecified atom stereocenters. The van der Waals surface area contributed by atoms with Crippen LogP contribution in [0.1, 0.15) is 0 Å². The summed E-state index contributed by atoms with van der Waals surface area (Å²) >= 11 is 1.55. The van der Waals surface area contributed by atoms with Gasteiger partial charge >= 0.3 is 0 Å². The summed E-state index contributed by atoms with van der Waals surface area (Å²) in [5.41, 5.74) is 1.14. The molecule has 94 valence electrons. The lowest BCUT2D eigenvalue weighted by molar-refractivity contribution is -0.126. The molecule has 0 atom stereocenters. The SMILES string of the molecule is CN(C)C(=O)CNc1ncc(-c2ccccc2)s1. The lowest BCUT2D eigenvalue weighted by Gasteiger charge is -2.09. The topological polar surface area (TPSA) is 45.2 Å². The molecule has 2 rings (SSSR count). The molecule has 1 aromatic carbocycles. The number of aromatic nitrogens is 1. The van der Waals surface area contributed by atoms with Crippen molar-refractivity contribution >= 4 is 22.4 Å². The Morgan fingerprint density at radius 1 is 1.33 bits per heavy atom. The minimum absolute atomic E-state index is 0.0338. The van der Waals surface area contributed by atoms with Crippen molar-refractivity contribution in [1.82, 2.24) is 9.88 Å². The van der Waals surface area contributed by atoms with Crippen LogP contribution in [0.3, 0.4) is 0 Å². The number of carbonyl (C=O) groups is 1. The fourth-order valence-corrected chi connectivity index (χ4v) is 2.22. The maximum atomic E-state index is 11.4. The monoisotopic (exact) mass is 261 g/mol. The predicted octanol–water partition coefficient (Wildman–Crippen LogP) is 2.31. The minimum atomic E-state index is 0.0338. The highest BCUT2D eigenvalue weighted by Gasteiger charge is 2.07. The van der Waals surface area contributed by atoms with Gasteiger partial charge in [0.2, 0.25) is 5.91 Å². The lowest BCUT2D eigenvalue weighted by Crippen LogP contribution is -2.28. The number of hydrogen-bond donors (Lipinski definition) is 1. The van der Waals surface area contributed by atoms with Gasteiger partial charge in [-0.2, -0.15) is 0 Å². The molecule has 1 aromatic heterocycles. The zero-order chi connectivity index (χ0) is 13.0. The number of thiazole rings is 1. The molecule has 0 saturated carbocycles. The van der Waals surface area contributed by atoms with E-state index in [2.05, 4.69) is 10.3 Å². The molecule has 0 aliphatic heterocycles. The van der Waals surface area contributed by atoms with Gasteiger partial charge < -0.3 is 10.2 Å². The Morgan fingerprint density at radius 2 is 2.06 bits per heavy atom. The summed E-state index contributed by atoms with van der Waals surface area (Å²) in [7, 11) is 3.47. The molecule has 2 aromatic rings. The van der Waals surface area contributed by atoms with Crippen LogP contribution in [0, 0.1) is 0 Å². The van der Waals surface area contributed by atoms with Gasteiger partial charge in [-0.1, -0.05) is 41.7 Å². The lowest BCUT2D eigenvalue weighted by atomic mass is 10.2. The summed E-state index contributed by atoms with van der Waals surface area (Å²) in [6.07, 6.45) is 1.82. The van der Waals surface area contributed by atoms with E-state index in [-0.39, 0.29) is 12.5 Å². The zero-order valence-electron chi connectivity index (χ0n) is 10.4. The smallest absolute Gasteiger partial charge is 0.241 e. The van der Waals surface area contributed by atoms with Gasteiger partial charge in [0.15, 0.2) is 5.13 Å². The molecule has 18 heavy (non-hydrogen) atoms. The van der Waals surface area contributed by atoms with Crippen LogP contribution < -0.4 is 5.32 Å². The first kappa shape index (κ1) is 12.6. The molecular formula is C13H15N3OS. The number of amides is 1. The zero-order valence-corrected chi connectivity index (χ0v) is 11.2. The fraction of sp³-hybridized carbons (Fsp3) is 0.231. The maximum Gasteiger partial charge on any atom is 0.241 e. The van der Waals surface area contributed by atoms with Crippen molar-refractivity contribution in [1.29, 1.82) is 0 Å². The molecule has 0 radical (unpaired) electrons. The number of hydrogen-bond acceptors (Lipinski definition) is 4. The molecule has 0 fully saturated rings. The normalized spacial score (nSPS) is 10.1. The molecule has 1 amide bonds. The molecule has 0 aliphatic rings. The third-order valence-corrected chi connectivity index (χ3v) is 3.46. The second-order valence-corrected chi connectivity index (χ2v) is 5.07. The van der Waals surface area contributed by atoms with E-state index in [1.165, 1.54) is 0 Å². The van der Waals surface area contributed by atoms with Crippen LogP contribution in [0.4, 0.5) is 5.13 Å². The standard InChI is InChI=1S/C13H15N3OS/c1-16(2)12(17)9-15-13-14-8-11(18-13)10-6-4-3-5-7-10/h3-8H,9H2,1-2H3,(H,14,15). The highest BCUT2D eigenvalue weighted by atomic mass is 32.1. The van der Waals surface area contributed by atoms with E-state index in [1.54, 1.807) is 30.3 Å². The maximum absolute atomic E-state index is 11.4. The van der Waals surface area contributed by atoms with Crippen molar-refractivity contribution in [3.8, 4) is 10.4 Å². The summed E-state index contributed by atoms with van der Waals surface area (Å²) in [6.45, 7) is 0.273. The molecule has 0 spiro atoms. The second-order valence-electron chi connectivity index (χ2n) is 4.04. The summed E-state index contributed by atoms with van der Waals surface area (Å²) in [5, 5.41) is 3.80.